The number of alkyl halides is 3. The van der Waals surface area contributed by atoms with Crippen LogP contribution in [-0.2, 0) is 6.54 Å². The monoisotopic (exact) mass is 533 g/mol. The Labute approximate surface area is 220 Å². The van der Waals surface area contributed by atoms with Crippen molar-refractivity contribution in [2.45, 2.75) is 19.8 Å². The Kier molecular flexibility index (Phi) is 7.02. The second-order valence-electron chi connectivity index (χ2n) is 8.59. The first-order chi connectivity index (χ1) is 18.3. The second kappa shape index (κ2) is 10.5. The fraction of sp³-hybridized carbons (Fsp3) is 0.103. The van der Waals surface area contributed by atoms with E-state index in [9.17, 15) is 18.0 Å². The molecule has 192 valence electrons. The number of anilines is 2. The molecule has 0 spiro atoms. The summed E-state index contributed by atoms with van der Waals surface area (Å²) in [5.41, 5.74) is 5.90. The van der Waals surface area contributed by atoms with Gasteiger partial charge in [0.15, 0.2) is 0 Å². The van der Waals surface area contributed by atoms with E-state index in [-0.39, 0.29) is 11.7 Å². The molecule has 5 rings (SSSR count). The van der Waals surface area contributed by atoms with Crippen molar-refractivity contribution < 1.29 is 22.7 Å². The number of carbonyl (C=O) groups is 1. The van der Waals surface area contributed by atoms with Gasteiger partial charge in [-0.3, -0.25) is 9.78 Å². The van der Waals surface area contributed by atoms with Gasteiger partial charge in [0, 0.05) is 34.8 Å². The normalized spacial score (nSPS) is 11.4. The minimum absolute atomic E-state index is 0.348. The molecule has 5 aromatic rings. The lowest BCUT2D eigenvalue weighted by atomic mass is 10.0. The average molecular weight is 534 g/mol. The number of halogens is 3. The number of hydrogen-bond acceptors (Lipinski definition) is 5. The predicted molar refractivity (Wildman–Crippen MR) is 145 cm³/mol. The smallest absolute Gasteiger partial charge is 0.406 e. The number of thiophene rings is 1. The number of ether oxygens (including phenoxy) is 1. The number of pyridine rings is 1. The summed E-state index contributed by atoms with van der Waals surface area (Å²) in [7, 11) is 0. The molecule has 0 saturated heterocycles. The molecule has 0 aliphatic rings. The van der Waals surface area contributed by atoms with Gasteiger partial charge in [-0.1, -0.05) is 48.0 Å². The first kappa shape index (κ1) is 25.3. The van der Waals surface area contributed by atoms with Gasteiger partial charge < -0.3 is 15.4 Å². The Morgan fingerprint density at radius 3 is 2.45 bits per heavy atom. The minimum atomic E-state index is -4.78. The number of para-hydroxylation sites is 1. The van der Waals surface area contributed by atoms with Crippen molar-refractivity contribution in [1.29, 1.82) is 0 Å². The van der Waals surface area contributed by atoms with Crippen LogP contribution in [0.4, 0.5) is 24.5 Å². The van der Waals surface area contributed by atoms with E-state index in [0.29, 0.717) is 22.8 Å². The van der Waals surface area contributed by atoms with Crippen LogP contribution >= 0.6 is 11.3 Å². The van der Waals surface area contributed by atoms with Gasteiger partial charge in [-0.05, 0) is 54.4 Å². The Hall–Kier alpha value is -4.37. The van der Waals surface area contributed by atoms with Crippen molar-refractivity contribution in [3.63, 3.8) is 0 Å². The Morgan fingerprint density at radius 1 is 0.974 bits per heavy atom. The van der Waals surface area contributed by atoms with Crippen LogP contribution in [0.5, 0.6) is 5.75 Å². The highest BCUT2D eigenvalue weighted by molar-refractivity contribution is 7.13. The molecule has 3 aromatic carbocycles. The number of amides is 1. The lowest BCUT2D eigenvalue weighted by Crippen LogP contribution is -2.17. The Bertz CT molecular complexity index is 1570. The van der Waals surface area contributed by atoms with Gasteiger partial charge in [0.25, 0.3) is 5.91 Å². The molecule has 0 fully saturated rings. The van der Waals surface area contributed by atoms with Gasteiger partial charge in [0.1, 0.15) is 10.6 Å². The molecule has 38 heavy (non-hydrogen) atoms. The Morgan fingerprint density at radius 2 is 1.71 bits per heavy atom. The molecular formula is C29H22F3N3O2S. The summed E-state index contributed by atoms with van der Waals surface area (Å²) in [6.07, 6.45) is -3.03. The lowest BCUT2D eigenvalue weighted by Gasteiger charge is -2.13. The zero-order chi connectivity index (χ0) is 26.7. The first-order valence-electron chi connectivity index (χ1n) is 11.7. The third-order valence-electron chi connectivity index (χ3n) is 5.90. The molecule has 2 heterocycles. The molecular weight excluding hydrogens is 511 g/mol. The van der Waals surface area contributed by atoms with Crippen molar-refractivity contribution in [2.24, 2.45) is 0 Å². The molecule has 1 amide bonds. The molecule has 5 nitrogen and oxygen atoms in total. The molecule has 0 aliphatic carbocycles. The topological polar surface area (TPSA) is 63.2 Å². The summed E-state index contributed by atoms with van der Waals surface area (Å²) in [6.45, 7) is 2.47. The zero-order valence-corrected chi connectivity index (χ0v) is 21.0. The van der Waals surface area contributed by atoms with E-state index in [1.165, 1.54) is 23.5 Å². The van der Waals surface area contributed by atoms with Crippen LogP contribution in [0.25, 0.3) is 22.0 Å². The maximum absolute atomic E-state index is 13.3. The molecule has 0 saturated carbocycles. The molecule has 0 bridgehead atoms. The zero-order valence-electron chi connectivity index (χ0n) is 20.2. The molecule has 0 radical (unpaired) electrons. The molecule has 0 aliphatic heterocycles. The highest BCUT2D eigenvalue weighted by atomic mass is 32.1. The van der Waals surface area contributed by atoms with Gasteiger partial charge in [-0.25, -0.2) is 0 Å². The SMILES string of the molecule is Cc1ccc(-c2csc(C(=O)Nc3ccc(OC(F)(F)F)cc3)c2NCc2ccnc3ccccc23)cc1. The predicted octanol–water partition coefficient (Wildman–Crippen LogP) is 8.03. The lowest BCUT2D eigenvalue weighted by molar-refractivity contribution is -0.274. The molecule has 2 N–H and O–H groups in total. The second-order valence-corrected chi connectivity index (χ2v) is 9.47. The van der Waals surface area contributed by atoms with E-state index in [1.54, 1.807) is 6.20 Å². The number of nitrogens with zero attached hydrogens (tertiary/aromatic N) is 1. The third-order valence-corrected chi connectivity index (χ3v) is 6.88. The van der Waals surface area contributed by atoms with Gasteiger partial charge in [0.2, 0.25) is 0 Å². The van der Waals surface area contributed by atoms with Crippen LogP contribution in [0, 0.1) is 6.92 Å². The van der Waals surface area contributed by atoms with E-state index < -0.39 is 6.36 Å². The highest BCUT2D eigenvalue weighted by Crippen LogP contribution is 2.38. The van der Waals surface area contributed by atoms with Crippen LogP contribution < -0.4 is 15.4 Å². The van der Waals surface area contributed by atoms with E-state index in [0.717, 1.165) is 45.3 Å². The van der Waals surface area contributed by atoms with Crippen molar-refractivity contribution >= 4 is 39.5 Å². The van der Waals surface area contributed by atoms with Gasteiger partial charge >= 0.3 is 6.36 Å². The van der Waals surface area contributed by atoms with Crippen LogP contribution in [-0.4, -0.2) is 17.3 Å². The summed E-state index contributed by atoms with van der Waals surface area (Å²) in [5, 5.41) is 9.18. The number of aryl methyl sites for hydroxylation is 1. The quantitative estimate of drug-likeness (QED) is 0.222. The maximum atomic E-state index is 13.3. The summed E-state index contributed by atoms with van der Waals surface area (Å²) in [4.78, 5) is 18.2. The van der Waals surface area contributed by atoms with Gasteiger partial charge in [-0.15, -0.1) is 24.5 Å². The largest absolute Gasteiger partial charge is 0.573 e. The number of carbonyl (C=O) groups excluding carboxylic acids is 1. The van der Waals surface area contributed by atoms with E-state index >= 15 is 0 Å². The van der Waals surface area contributed by atoms with Crippen LogP contribution in [0.2, 0.25) is 0 Å². The third kappa shape index (κ3) is 5.78. The fourth-order valence-electron chi connectivity index (χ4n) is 4.07. The maximum Gasteiger partial charge on any atom is 0.573 e. The number of benzene rings is 3. The number of aromatic nitrogens is 1. The van der Waals surface area contributed by atoms with Crippen molar-refractivity contribution in [1.82, 2.24) is 4.98 Å². The number of rotatable bonds is 7. The van der Waals surface area contributed by atoms with Crippen molar-refractivity contribution in [3.8, 4) is 16.9 Å². The highest BCUT2D eigenvalue weighted by Gasteiger charge is 2.31. The van der Waals surface area contributed by atoms with Crippen LogP contribution in [0.1, 0.15) is 20.8 Å². The molecule has 0 unspecified atom stereocenters. The van der Waals surface area contributed by atoms with Gasteiger partial charge in [-0.2, -0.15) is 0 Å². The number of nitrogens with one attached hydrogen (secondary N) is 2. The van der Waals surface area contributed by atoms with Crippen molar-refractivity contribution in [2.75, 3.05) is 10.6 Å². The molecule has 9 heteroatoms. The number of hydrogen-bond donors (Lipinski definition) is 2. The molecule has 2 aromatic heterocycles. The van der Waals surface area contributed by atoms with E-state index in [4.69, 9.17) is 0 Å². The summed E-state index contributed by atoms with van der Waals surface area (Å²) >= 11 is 1.29. The Balaban J connectivity index is 1.43. The number of fused-ring (bicyclic) bond motifs is 1. The summed E-state index contributed by atoms with van der Waals surface area (Å²) in [5.74, 6) is -0.736. The molecule has 0 atom stereocenters. The minimum Gasteiger partial charge on any atom is -0.406 e. The van der Waals surface area contributed by atoms with Gasteiger partial charge in [0.05, 0.1) is 11.2 Å². The van der Waals surface area contributed by atoms with E-state index in [2.05, 4.69) is 20.4 Å². The summed E-state index contributed by atoms with van der Waals surface area (Å²) < 4.78 is 41.3. The van der Waals surface area contributed by atoms with Crippen molar-refractivity contribution in [3.05, 3.63) is 106 Å². The fourth-order valence-corrected chi connectivity index (χ4v) is 5.01. The standard InChI is InChI=1S/C29H22F3N3O2S/c1-18-6-8-19(9-7-18)24-17-38-27(28(36)35-21-10-12-22(13-11-21)37-29(30,31)32)26(24)34-16-20-14-15-33-25-5-3-2-4-23(20)25/h2-15,17,34H,16H2,1H3,(H,35,36). The summed E-state index contributed by atoms with van der Waals surface area (Å²) in [6, 6.07) is 22.9. The average Bonchev–Trinajstić information content (AvgIpc) is 3.32. The first-order valence-corrected chi connectivity index (χ1v) is 12.6. The van der Waals surface area contributed by atoms with Crippen LogP contribution in [0.15, 0.2) is 90.4 Å². The van der Waals surface area contributed by atoms with Crippen LogP contribution in [0.3, 0.4) is 0 Å². The van der Waals surface area contributed by atoms with E-state index in [1.807, 2.05) is 66.9 Å².